The van der Waals surface area contributed by atoms with E-state index in [1.807, 2.05) is 36.4 Å². The van der Waals surface area contributed by atoms with Gasteiger partial charge in [0.1, 0.15) is 5.75 Å². The highest BCUT2D eigenvalue weighted by Crippen LogP contribution is 2.20. The molecular formula is C18H16N3O3+. The second kappa shape index (κ2) is 7.23. The number of oxime groups is 1. The molecule has 2 aromatic carbocycles. The summed E-state index contributed by atoms with van der Waals surface area (Å²) < 4.78 is 5.42. The Kier molecular flexibility index (Phi) is 4.67. The van der Waals surface area contributed by atoms with Gasteiger partial charge in [0.05, 0.1) is 0 Å². The molecule has 0 aliphatic heterocycles. The Labute approximate surface area is 138 Å². The number of carbonyl (C=O) groups is 1. The van der Waals surface area contributed by atoms with Gasteiger partial charge in [-0.2, -0.15) is 0 Å². The van der Waals surface area contributed by atoms with Crippen LogP contribution in [0.5, 0.6) is 5.75 Å². The van der Waals surface area contributed by atoms with E-state index in [2.05, 4.69) is 10.1 Å². The van der Waals surface area contributed by atoms with E-state index in [-0.39, 0.29) is 12.4 Å². The smallest absolute Gasteiger partial charge is 0.372 e. The lowest BCUT2D eigenvalue weighted by Gasteiger charge is -2.06. The number of aromatic amines is 1. The van der Waals surface area contributed by atoms with E-state index in [1.165, 1.54) is 0 Å². The second-order valence-corrected chi connectivity index (χ2v) is 5.03. The van der Waals surface area contributed by atoms with E-state index in [9.17, 15) is 4.79 Å². The Hall–Kier alpha value is -3.41. The molecule has 0 saturated heterocycles. The number of pyridine rings is 1. The molecule has 6 heteroatoms. The van der Waals surface area contributed by atoms with Gasteiger partial charge in [-0.15, -0.1) is 0 Å². The number of hydrogen-bond acceptors (Lipinski definition) is 4. The third kappa shape index (κ3) is 3.86. The summed E-state index contributed by atoms with van der Waals surface area (Å²) in [6, 6.07) is 16.9. The molecule has 0 aliphatic rings. The minimum absolute atomic E-state index is 0.114. The van der Waals surface area contributed by atoms with Crippen molar-refractivity contribution in [2.24, 2.45) is 10.9 Å². The number of H-pyrrole nitrogens is 1. The fourth-order valence-electron chi connectivity index (χ4n) is 2.14. The van der Waals surface area contributed by atoms with Gasteiger partial charge in [-0.1, -0.05) is 35.5 Å². The van der Waals surface area contributed by atoms with Crippen LogP contribution in [0.3, 0.4) is 0 Å². The third-order valence-corrected chi connectivity index (χ3v) is 3.34. The molecule has 0 atom stereocenters. The van der Waals surface area contributed by atoms with Gasteiger partial charge < -0.3 is 15.3 Å². The predicted octanol–water partition coefficient (Wildman–Crippen LogP) is 1.90. The summed E-state index contributed by atoms with van der Waals surface area (Å²) in [6.45, 7) is -0.252. The Balaban J connectivity index is 1.57. The fourth-order valence-corrected chi connectivity index (χ4v) is 2.14. The van der Waals surface area contributed by atoms with Crippen LogP contribution >= 0.6 is 0 Å². The lowest BCUT2D eigenvalue weighted by molar-refractivity contribution is -0.378. The molecule has 0 spiro atoms. The number of ether oxygens (including phenoxy) is 1. The summed E-state index contributed by atoms with van der Waals surface area (Å²) in [5.74, 6) is 0.0675. The van der Waals surface area contributed by atoms with E-state index < -0.39 is 5.97 Å². The first kappa shape index (κ1) is 15.5. The number of benzene rings is 2. The molecule has 120 valence electrons. The standard InChI is InChI=1S/C18H15N3O3/c19-18(14-7-9-20-10-8-14)21-24-17(22)12-23-16-6-5-13-3-1-2-4-15(13)11-16/h1-11H,12H2,(H2,19,21)/p+1. The first-order valence-electron chi connectivity index (χ1n) is 7.34. The Bertz CT molecular complexity index is 879. The monoisotopic (exact) mass is 322 g/mol. The van der Waals surface area contributed by atoms with Gasteiger partial charge in [0.25, 0.3) is 0 Å². The molecular weight excluding hydrogens is 306 g/mol. The van der Waals surface area contributed by atoms with Crippen molar-refractivity contribution in [3.05, 3.63) is 72.6 Å². The first-order valence-corrected chi connectivity index (χ1v) is 7.34. The average molecular weight is 322 g/mol. The minimum Gasteiger partial charge on any atom is -0.482 e. The number of aromatic nitrogens is 1. The molecule has 1 aromatic heterocycles. The highest BCUT2D eigenvalue weighted by Gasteiger charge is 2.07. The summed E-state index contributed by atoms with van der Waals surface area (Å²) >= 11 is 0. The number of nitrogens with one attached hydrogen (secondary N) is 1. The van der Waals surface area contributed by atoms with Crippen LogP contribution in [0.25, 0.3) is 10.8 Å². The van der Waals surface area contributed by atoms with Crippen LogP contribution in [-0.2, 0) is 9.63 Å². The summed E-state index contributed by atoms with van der Waals surface area (Å²) in [4.78, 5) is 19.3. The van der Waals surface area contributed by atoms with Crippen LogP contribution in [-0.4, -0.2) is 18.4 Å². The molecule has 0 unspecified atom stereocenters. The Morgan fingerprint density at radius 1 is 1.04 bits per heavy atom. The van der Waals surface area contributed by atoms with Crippen molar-refractivity contribution < 1.29 is 19.4 Å². The van der Waals surface area contributed by atoms with Crippen molar-refractivity contribution >= 4 is 22.6 Å². The van der Waals surface area contributed by atoms with Crippen molar-refractivity contribution in [2.75, 3.05) is 6.61 Å². The van der Waals surface area contributed by atoms with Crippen molar-refractivity contribution in [1.29, 1.82) is 0 Å². The van der Waals surface area contributed by atoms with E-state index >= 15 is 0 Å². The highest BCUT2D eigenvalue weighted by molar-refractivity contribution is 5.97. The van der Waals surface area contributed by atoms with Crippen molar-refractivity contribution in [1.82, 2.24) is 0 Å². The maximum Gasteiger partial charge on any atom is 0.372 e. The van der Waals surface area contributed by atoms with Gasteiger partial charge >= 0.3 is 5.97 Å². The molecule has 3 aromatic rings. The normalized spacial score (nSPS) is 11.2. The number of amidine groups is 1. The van der Waals surface area contributed by atoms with Gasteiger partial charge in [0.2, 0.25) is 0 Å². The van der Waals surface area contributed by atoms with Crippen LogP contribution in [0.15, 0.2) is 72.1 Å². The zero-order chi connectivity index (χ0) is 16.8. The molecule has 6 nitrogen and oxygen atoms in total. The fraction of sp³-hybridized carbons (Fsp3) is 0.0556. The Morgan fingerprint density at radius 2 is 1.79 bits per heavy atom. The van der Waals surface area contributed by atoms with Crippen molar-refractivity contribution in [3.8, 4) is 5.75 Å². The predicted molar refractivity (Wildman–Crippen MR) is 89.3 cm³/mol. The SMILES string of the molecule is NC(=NOC(=O)COc1ccc2ccccc2c1)c1cc[nH+]cc1. The van der Waals surface area contributed by atoms with Gasteiger partial charge in [-0.3, -0.25) is 0 Å². The highest BCUT2D eigenvalue weighted by atomic mass is 16.7. The van der Waals surface area contributed by atoms with Gasteiger partial charge in [0, 0.05) is 17.7 Å². The number of carbonyl (C=O) groups excluding carboxylic acids is 1. The molecule has 24 heavy (non-hydrogen) atoms. The first-order chi connectivity index (χ1) is 11.7. The number of nitrogens with two attached hydrogens (primary N) is 1. The maximum absolute atomic E-state index is 11.7. The van der Waals surface area contributed by atoms with Crippen LogP contribution in [0.2, 0.25) is 0 Å². The van der Waals surface area contributed by atoms with E-state index in [0.717, 1.165) is 10.8 Å². The van der Waals surface area contributed by atoms with E-state index in [4.69, 9.17) is 15.3 Å². The quantitative estimate of drug-likeness (QED) is 0.336. The van der Waals surface area contributed by atoms with Gasteiger partial charge in [-0.05, 0) is 22.9 Å². The number of hydrogen-bond donors (Lipinski definition) is 1. The number of fused-ring (bicyclic) bond motifs is 1. The molecule has 0 amide bonds. The minimum atomic E-state index is -0.631. The molecule has 0 fully saturated rings. The average Bonchev–Trinajstić information content (AvgIpc) is 2.65. The molecule has 3 rings (SSSR count). The summed E-state index contributed by atoms with van der Waals surface area (Å²) in [5, 5.41) is 5.74. The molecule has 1 heterocycles. The molecule has 0 saturated carbocycles. The molecule has 0 radical (unpaired) electrons. The largest absolute Gasteiger partial charge is 0.482 e. The van der Waals surface area contributed by atoms with Crippen LogP contribution < -0.4 is 15.5 Å². The van der Waals surface area contributed by atoms with Gasteiger partial charge in [0.15, 0.2) is 24.8 Å². The van der Waals surface area contributed by atoms with Crippen LogP contribution in [0.1, 0.15) is 5.56 Å². The maximum atomic E-state index is 11.7. The zero-order valence-corrected chi connectivity index (χ0v) is 12.8. The summed E-state index contributed by atoms with van der Waals surface area (Å²) in [6.07, 6.45) is 3.39. The van der Waals surface area contributed by atoms with Gasteiger partial charge in [-0.25, -0.2) is 9.78 Å². The lowest BCUT2D eigenvalue weighted by atomic mass is 10.1. The molecule has 3 N–H and O–H groups in total. The van der Waals surface area contributed by atoms with Crippen LogP contribution in [0, 0.1) is 0 Å². The Morgan fingerprint density at radius 3 is 2.58 bits per heavy atom. The topological polar surface area (TPSA) is 88.1 Å². The summed E-state index contributed by atoms with van der Waals surface area (Å²) in [5.41, 5.74) is 6.38. The van der Waals surface area contributed by atoms with Crippen LogP contribution in [0.4, 0.5) is 0 Å². The second-order valence-electron chi connectivity index (χ2n) is 5.03. The summed E-state index contributed by atoms with van der Waals surface area (Å²) in [7, 11) is 0. The number of nitrogens with zero attached hydrogens (tertiary/aromatic N) is 1. The number of rotatable bonds is 5. The van der Waals surface area contributed by atoms with Crippen molar-refractivity contribution in [2.45, 2.75) is 0 Å². The lowest BCUT2D eigenvalue weighted by Crippen LogP contribution is -2.18. The molecule has 0 bridgehead atoms. The van der Waals surface area contributed by atoms with E-state index in [0.29, 0.717) is 11.3 Å². The van der Waals surface area contributed by atoms with E-state index in [1.54, 1.807) is 30.6 Å². The molecule has 0 aliphatic carbocycles. The van der Waals surface area contributed by atoms with Crippen molar-refractivity contribution in [3.63, 3.8) is 0 Å². The third-order valence-electron chi connectivity index (χ3n) is 3.34. The zero-order valence-electron chi connectivity index (χ0n) is 12.8.